The second kappa shape index (κ2) is 9.44. The lowest BCUT2D eigenvalue weighted by molar-refractivity contribution is 0.0984. The number of hydrogen-bond acceptors (Lipinski definition) is 8. The van der Waals surface area contributed by atoms with Crippen molar-refractivity contribution in [3.63, 3.8) is 0 Å². The monoisotopic (exact) mass is 539 g/mol. The first-order valence-corrected chi connectivity index (χ1v) is 14.3. The van der Waals surface area contributed by atoms with Crippen LogP contribution in [0.25, 0.3) is 10.9 Å². The van der Waals surface area contributed by atoms with Crippen LogP contribution in [-0.4, -0.2) is 68.4 Å². The third-order valence-corrected chi connectivity index (χ3v) is 9.82. The number of rotatable bonds is 6. The molecule has 3 aromatic heterocycles. The Kier molecular flexibility index (Phi) is 6.20. The van der Waals surface area contributed by atoms with Gasteiger partial charge in [-0.15, -0.1) is 0 Å². The quantitative estimate of drug-likeness (QED) is 0.433. The number of H-pyrrole nitrogens is 1. The molecule has 3 aromatic rings. The summed E-state index contributed by atoms with van der Waals surface area (Å²) >= 11 is 0. The highest BCUT2D eigenvalue weighted by Gasteiger charge is 2.49. The van der Waals surface area contributed by atoms with Crippen LogP contribution in [0.2, 0.25) is 0 Å². The van der Waals surface area contributed by atoms with Gasteiger partial charge in [-0.3, -0.25) is 10.1 Å². The van der Waals surface area contributed by atoms with Crippen LogP contribution in [0.3, 0.4) is 0 Å². The fourth-order valence-corrected chi connectivity index (χ4v) is 8.06. The van der Waals surface area contributed by atoms with Gasteiger partial charge in [0.2, 0.25) is 0 Å². The molecule has 3 atom stereocenters. The van der Waals surface area contributed by atoms with Crippen LogP contribution in [0.1, 0.15) is 43.4 Å². The van der Waals surface area contributed by atoms with E-state index in [0.717, 1.165) is 30.5 Å². The SMILES string of the molecule is Cc1cnc2c(F)c(Nc3cc(C)[nH]n3)nc(NC3C[C@H]4CCC[C@@H](C3)N4S(=O)(=O)N3CC(C#N)C3)c2c1. The molecule has 0 spiro atoms. The average molecular weight is 540 g/mol. The van der Waals surface area contributed by atoms with Crippen LogP contribution in [0.15, 0.2) is 18.3 Å². The Hall–Kier alpha value is -3.34. The van der Waals surface area contributed by atoms with Gasteiger partial charge in [-0.05, 0) is 51.2 Å². The molecule has 3 fully saturated rings. The molecule has 3 N–H and O–H groups in total. The molecule has 0 radical (unpaired) electrons. The van der Waals surface area contributed by atoms with Crippen LogP contribution >= 0.6 is 0 Å². The summed E-state index contributed by atoms with van der Waals surface area (Å²) in [6, 6.07) is 5.46. The number of hydrogen-bond donors (Lipinski definition) is 3. The highest BCUT2D eigenvalue weighted by atomic mass is 32.2. The van der Waals surface area contributed by atoms with E-state index >= 15 is 4.39 Å². The van der Waals surface area contributed by atoms with Gasteiger partial charge in [0.1, 0.15) is 11.3 Å². The van der Waals surface area contributed by atoms with Gasteiger partial charge < -0.3 is 10.6 Å². The Morgan fingerprint density at radius 2 is 1.89 bits per heavy atom. The predicted molar refractivity (Wildman–Crippen MR) is 140 cm³/mol. The second-order valence-electron chi connectivity index (χ2n) is 10.6. The number of pyridine rings is 2. The molecule has 0 saturated carbocycles. The highest BCUT2D eigenvalue weighted by Crippen LogP contribution is 2.40. The first-order chi connectivity index (χ1) is 18.2. The van der Waals surface area contributed by atoms with E-state index in [9.17, 15) is 8.42 Å². The van der Waals surface area contributed by atoms with Gasteiger partial charge in [-0.1, -0.05) is 6.42 Å². The summed E-state index contributed by atoms with van der Waals surface area (Å²) in [5.74, 6) is 0.185. The van der Waals surface area contributed by atoms with Gasteiger partial charge in [0.15, 0.2) is 17.5 Å². The standard InChI is InChI=1S/C25H30FN9O2S/c1-14-6-20-23(28-11-14)22(26)25(30-21-7-15(2)32-33-21)31-24(20)29-17-8-18-4-3-5-19(9-17)35(18)38(36,37)34-12-16(10-27)13-34/h6-7,11,16-19H,3-5,8-9,12-13H2,1-2H3,(H3,29,30,31,32,33)/t17?,18-,19+. The summed E-state index contributed by atoms with van der Waals surface area (Å²) in [7, 11) is -3.62. The molecule has 200 valence electrons. The maximum atomic E-state index is 15.4. The van der Waals surface area contributed by atoms with Gasteiger partial charge in [-0.25, -0.2) is 9.37 Å². The molecule has 0 amide bonds. The summed E-state index contributed by atoms with van der Waals surface area (Å²) < 4.78 is 45.4. The van der Waals surface area contributed by atoms with Gasteiger partial charge in [0.05, 0.1) is 12.0 Å². The van der Waals surface area contributed by atoms with Gasteiger partial charge in [-0.2, -0.15) is 27.4 Å². The number of nitrogens with one attached hydrogen (secondary N) is 3. The lowest BCUT2D eigenvalue weighted by Crippen LogP contribution is -2.63. The lowest BCUT2D eigenvalue weighted by Gasteiger charge is -2.50. The maximum absolute atomic E-state index is 15.4. The van der Waals surface area contributed by atoms with Crippen LogP contribution in [0.4, 0.5) is 21.8 Å². The zero-order valence-electron chi connectivity index (χ0n) is 21.3. The van der Waals surface area contributed by atoms with Crippen molar-refractivity contribution in [3.8, 4) is 6.07 Å². The first kappa shape index (κ1) is 25.0. The Morgan fingerprint density at radius 1 is 1.16 bits per heavy atom. The van der Waals surface area contributed by atoms with Crippen LogP contribution in [0, 0.1) is 36.9 Å². The molecule has 3 aliphatic heterocycles. The minimum atomic E-state index is -3.62. The van der Waals surface area contributed by atoms with Crippen LogP contribution < -0.4 is 10.6 Å². The van der Waals surface area contributed by atoms with Crippen molar-refractivity contribution in [1.29, 1.82) is 5.26 Å². The topological polar surface area (TPSA) is 143 Å². The average Bonchev–Trinajstić information content (AvgIpc) is 3.25. The molecule has 38 heavy (non-hydrogen) atoms. The molecule has 3 saturated heterocycles. The van der Waals surface area contributed by atoms with Gasteiger partial charge in [0.25, 0.3) is 10.2 Å². The summed E-state index contributed by atoms with van der Waals surface area (Å²) in [6.45, 7) is 4.28. The molecule has 3 aliphatic rings. The van der Waals surface area contributed by atoms with E-state index in [4.69, 9.17) is 5.26 Å². The van der Waals surface area contributed by atoms with E-state index in [2.05, 4.69) is 36.9 Å². The molecule has 11 nitrogen and oxygen atoms in total. The van der Waals surface area contributed by atoms with E-state index in [0.29, 0.717) is 29.9 Å². The van der Waals surface area contributed by atoms with Crippen molar-refractivity contribution in [3.05, 3.63) is 35.4 Å². The Labute approximate surface area is 220 Å². The van der Waals surface area contributed by atoms with E-state index in [1.807, 2.05) is 19.9 Å². The van der Waals surface area contributed by atoms with Gasteiger partial charge >= 0.3 is 0 Å². The summed E-state index contributed by atoms with van der Waals surface area (Å²) in [6.07, 6.45) is 5.41. The number of nitriles is 1. The van der Waals surface area contributed by atoms with E-state index < -0.39 is 16.0 Å². The minimum Gasteiger partial charge on any atom is -0.367 e. The third kappa shape index (κ3) is 4.36. The van der Waals surface area contributed by atoms with Crippen molar-refractivity contribution in [1.82, 2.24) is 28.8 Å². The number of aromatic amines is 1. The molecule has 6 rings (SSSR count). The molecule has 13 heteroatoms. The molecular formula is C25H30FN9O2S. The van der Waals surface area contributed by atoms with Crippen molar-refractivity contribution in [2.24, 2.45) is 5.92 Å². The van der Waals surface area contributed by atoms with Crippen molar-refractivity contribution in [2.45, 2.75) is 64.1 Å². The first-order valence-electron chi connectivity index (χ1n) is 12.9. The zero-order chi connectivity index (χ0) is 26.6. The molecule has 1 unspecified atom stereocenters. The Bertz CT molecular complexity index is 1520. The lowest BCUT2D eigenvalue weighted by atomic mass is 9.84. The van der Waals surface area contributed by atoms with Crippen molar-refractivity contribution in [2.75, 3.05) is 23.7 Å². The van der Waals surface area contributed by atoms with E-state index in [1.54, 1.807) is 16.6 Å². The summed E-state index contributed by atoms with van der Waals surface area (Å²) in [4.78, 5) is 8.96. The number of fused-ring (bicyclic) bond motifs is 3. The minimum absolute atomic E-state index is 0.0212. The predicted octanol–water partition coefficient (Wildman–Crippen LogP) is 3.35. The molecule has 0 aromatic carbocycles. The zero-order valence-corrected chi connectivity index (χ0v) is 22.1. The summed E-state index contributed by atoms with van der Waals surface area (Å²) in [5.41, 5.74) is 1.91. The fraction of sp³-hybridized carbons (Fsp3) is 0.520. The Morgan fingerprint density at radius 3 is 2.55 bits per heavy atom. The molecular weight excluding hydrogens is 509 g/mol. The third-order valence-electron chi connectivity index (χ3n) is 7.74. The maximum Gasteiger partial charge on any atom is 0.282 e. The molecule has 2 bridgehead atoms. The number of nitrogens with zero attached hydrogens (tertiary/aromatic N) is 6. The Balaban J connectivity index is 1.28. The highest BCUT2D eigenvalue weighted by molar-refractivity contribution is 7.86. The summed E-state index contributed by atoms with van der Waals surface area (Å²) in [5, 5.41) is 23.1. The number of aromatic nitrogens is 4. The number of halogens is 1. The molecule has 0 aliphatic carbocycles. The van der Waals surface area contributed by atoms with Crippen LogP contribution in [0.5, 0.6) is 0 Å². The fourth-order valence-electron chi connectivity index (χ4n) is 5.92. The largest absolute Gasteiger partial charge is 0.367 e. The van der Waals surface area contributed by atoms with Crippen molar-refractivity contribution >= 4 is 38.6 Å². The van der Waals surface area contributed by atoms with E-state index in [1.165, 1.54) is 4.31 Å². The second-order valence-corrected chi connectivity index (χ2v) is 12.5. The van der Waals surface area contributed by atoms with Crippen LogP contribution in [-0.2, 0) is 10.2 Å². The molecule has 6 heterocycles. The number of aryl methyl sites for hydroxylation is 2. The number of piperidine rings is 2. The van der Waals surface area contributed by atoms with Crippen molar-refractivity contribution < 1.29 is 12.8 Å². The normalized spacial score (nSPS) is 24.6. The number of anilines is 3. The van der Waals surface area contributed by atoms with Gasteiger partial charge in [0, 0.05) is 54.6 Å². The van der Waals surface area contributed by atoms with E-state index in [-0.39, 0.29) is 48.5 Å². The smallest absolute Gasteiger partial charge is 0.282 e.